The minimum Gasteiger partial charge on any atom is -0.462 e. The van der Waals surface area contributed by atoms with Crippen molar-refractivity contribution >= 4 is 17.9 Å². The summed E-state index contributed by atoms with van der Waals surface area (Å²) in [7, 11) is 0. The van der Waals surface area contributed by atoms with Gasteiger partial charge in [0.05, 0.1) is 0 Å². The van der Waals surface area contributed by atoms with Crippen LogP contribution in [0.3, 0.4) is 0 Å². The SMILES string of the molecule is CCC(C)CCCCCCCCCCCCCCCCCCCCC(=O)OC[C@@H](COC(=O)CCCCCCCCC(C)C)OC(=O)CCCCCCCCCCCCCCCCCC(C)C. The molecular weight excluding hydrogens is 829 g/mol. The number of unbranched alkanes of at least 4 members (excludes halogenated alkanes) is 36. The summed E-state index contributed by atoms with van der Waals surface area (Å²) in [6.45, 7) is 13.8. The van der Waals surface area contributed by atoms with Crippen LogP contribution in [-0.2, 0) is 28.6 Å². The van der Waals surface area contributed by atoms with Crippen LogP contribution in [0.1, 0.15) is 337 Å². The highest BCUT2D eigenvalue weighted by Gasteiger charge is 2.19. The van der Waals surface area contributed by atoms with E-state index < -0.39 is 6.10 Å². The number of carbonyl (C=O) groups excluding carboxylic acids is 3. The summed E-state index contributed by atoms with van der Waals surface area (Å²) in [6.07, 6.45) is 55.4. The molecule has 0 aliphatic carbocycles. The Balaban J connectivity index is 4.17. The van der Waals surface area contributed by atoms with Gasteiger partial charge in [0, 0.05) is 19.3 Å². The Bertz CT molecular complexity index is 1040. The third kappa shape index (κ3) is 53.6. The molecule has 0 rings (SSSR count). The Labute approximate surface area is 418 Å². The third-order valence-electron chi connectivity index (χ3n) is 14.3. The van der Waals surface area contributed by atoms with Crippen LogP contribution >= 0.6 is 0 Å². The lowest BCUT2D eigenvalue weighted by Crippen LogP contribution is -2.30. The van der Waals surface area contributed by atoms with Crippen molar-refractivity contribution in [1.29, 1.82) is 0 Å². The van der Waals surface area contributed by atoms with E-state index >= 15 is 0 Å². The Hall–Kier alpha value is -1.59. The number of rotatable bonds is 54. The van der Waals surface area contributed by atoms with Crippen LogP contribution in [0.25, 0.3) is 0 Å². The molecule has 0 saturated carbocycles. The molecule has 398 valence electrons. The van der Waals surface area contributed by atoms with Gasteiger partial charge in [-0.05, 0) is 37.0 Å². The molecule has 0 N–H and O–H groups in total. The average Bonchev–Trinajstić information content (AvgIpc) is 3.30. The molecule has 67 heavy (non-hydrogen) atoms. The minimum absolute atomic E-state index is 0.0641. The van der Waals surface area contributed by atoms with Crippen LogP contribution in [0.2, 0.25) is 0 Å². The standard InChI is InChI=1S/C61H118O6/c1-7-57(6)49-43-37-30-26-22-18-14-10-8-9-11-15-19-23-27-31-38-44-50-59(62)65-53-58(54-66-60(63)51-45-39-34-33-36-42-48-56(4)5)67-61(64)52-46-40-32-28-24-20-16-12-13-17-21-25-29-35-41-47-55(2)3/h55-58H,7-54H2,1-6H3/t57?,58-/m0/s1. The van der Waals surface area contributed by atoms with E-state index in [4.69, 9.17) is 14.2 Å². The van der Waals surface area contributed by atoms with Crippen LogP contribution in [0.15, 0.2) is 0 Å². The second-order valence-electron chi connectivity index (χ2n) is 22.2. The molecule has 0 aromatic rings. The molecule has 0 aromatic carbocycles. The van der Waals surface area contributed by atoms with Crippen molar-refractivity contribution in [2.75, 3.05) is 13.2 Å². The smallest absolute Gasteiger partial charge is 0.306 e. The number of carbonyl (C=O) groups is 3. The summed E-state index contributed by atoms with van der Waals surface area (Å²) in [6, 6.07) is 0. The number of hydrogen-bond donors (Lipinski definition) is 0. The third-order valence-corrected chi connectivity index (χ3v) is 14.3. The highest BCUT2D eigenvalue weighted by molar-refractivity contribution is 5.71. The van der Waals surface area contributed by atoms with Crippen LogP contribution in [0, 0.1) is 17.8 Å². The first-order valence-corrected chi connectivity index (χ1v) is 30.1. The first-order chi connectivity index (χ1) is 32.6. The maximum absolute atomic E-state index is 12.8. The van der Waals surface area contributed by atoms with Gasteiger partial charge in [-0.3, -0.25) is 14.4 Å². The van der Waals surface area contributed by atoms with E-state index in [1.165, 1.54) is 218 Å². The number of ether oxygens (including phenoxy) is 3. The second-order valence-corrected chi connectivity index (χ2v) is 22.2. The first-order valence-electron chi connectivity index (χ1n) is 30.1. The number of esters is 3. The lowest BCUT2D eigenvalue weighted by atomic mass is 9.99. The van der Waals surface area contributed by atoms with E-state index in [0.29, 0.717) is 19.3 Å². The van der Waals surface area contributed by atoms with E-state index in [9.17, 15) is 14.4 Å². The summed E-state index contributed by atoms with van der Waals surface area (Å²) < 4.78 is 16.9. The summed E-state index contributed by atoms with van der Waals surface area (Å²) in [5.41, 5.74) is 0. The molecule has 6 heteroatoms. The second kappa shape index (κ2) is 52.2. The van der Waals surface area contributed by atoms with Crippen LogP contribution < -0.4 is 0 Å². The summed E-state index contributed by atoms with van der Waals surface area (Å²) in [5.74, 6) is 1.67. The predicted octanol–water partition coefficient (Wildman–Crippen LogP) is 19.9. The van der Waals surface area contributed by atoms with Gasteiger partial charge < -0.3 is 14.2 Å². The minimum atomic E-state index is -0.764. The Morgan fingerprint density at radius 2 is 0.522 bits per heavy atom. The molecule has 6 nitrogen and oxygen atoms in total. The van der Waals surface area contributed by atoms with E-state index in [1.807, 2.05) is 0 Å². The van der Waals surface area contributed by atoms with Gasteiger partial charge in [0.1, 0.15) is 13.2 Å². The molecule has 0 bridgehead atoms. The molecule has 0 radical (unpaired) electrons. The monoisotopic (exact) mass is 947 g/mol. The van der Waals surface area contributed by atoms with Crippen molar-refractivity contribution in [3.63, 3.8) is 0 Å². The van der Waals surface area contributed by atoms with Crippen LogP contribution in [-0.4, -0.2) is 37.2 Å². The molecule has 2 atom stereocenters. The quantitative estimate of drug-likeness (QED) is 0.0343. The van der Waals surface area contributed by atoms with Crippen molar-refractivity contribution in [1.82, 2.24) is 0 Å². The summed E-state index contributed by atoms with van der Waals surface area (Å²) >= 11 is 0. The van der Waals surface area contributed by atoms with Gasteiger partial charge in [-0.2, -0.15) is 0 Å². The summed E-state index contributed by atoms with van der Waals surface area (Å²) in [5, 5.41) is 0. The molecular formula is C61H118O6. The van der Waals surface area contributed by atoms with Gasteiger partial charge in [-0.15, -0.1) is 0 Å². The molecule has 0 aliphatic rings. The van der Waals surface area contributed by atoms with Crippen molar-refractivity contribution in [3.8, 4) is 0 Å². The Morgan fingerprint density at radius 3 is 0.776 bits per heavy atom. The highest BCUT2D eigenvalue weighted by Crippen LogP contribution is 2.19. The van der Waals surface area contributed by atoms with Crippen molar-refractivity contribution in [2.45, 2.75) is 343 Å². The fourth-order valence-corrected chi connectivity index (χ4v) is 9.32. The van der Waals surface area contributed by atoms with Gasteiger partial charge in [-0.25, -0.2) is 0 Å². The average molecular weight is 948 g/mol. The van der Waals surface area contributed by atoms with Gasteiger partial charge in [-0.1, -0.05) is 298 Å². The molecule has 0 amide bonds. The lowest BCUT2D eigenvalue weighted by Gasteiger charge is -2.18. The maximum Gasteiger partial charge on any atom is 0.306 e. The molecule has 0 saturated heterocycles. The van der Waals surface area contributed by atoms with E-state index in [0.717, 1.165) is 75.5 Å². The molecule has 1 unspecified atom stereocenters. The fraction of sp³-hybridized carbons (Fsp3) is 0.951. The van der Waals surface area contributed by atoms with Crippen LogP contribution in [0.4, 0.5) is 0 Å². The van der Waals surface area contributed by atoms with Crippen LogP contribution in [0.5, 0.6) is 0 Å². The van der Waals surface area contributed by atoms with Crippen molar-refractivity contribution in [3.05, 3.63) is 0 Å². The van der Waals surface area contributed by atoms with Crippen molar-refractivity contribution < 1.29 is 28.6 Å². The zero-order valence-corrected chi connectivity index (χ0v) is 46.2. The fourth-order valence-electron chi connectivity index (χ4n) is 9.32. The van der Waals surface area contributed by atoms with E-state index in [-0.39, 0.29) is 31.1 Å². The van der Waals surface area contributed by atoms with E-state index in [2.05, 4.69) is 41.5 Å². The molecule has 0 spiro atoms. The van der Waals surface area contributed by atoms with Gasteiger partial charge >= 0.3 is 17.9 Å². The highest BCUT2D eigenvalue weighted by atomic mass is 16.6. The largest absolute Gasteiger partial charge is 0.462 e. The Morgan fingerprint density at radius 1 is 0.299 bits per heavy atom. The number of hydrogen-bond acceptors (Lipinski definition) is 6. The van der Waals surface area contributed by atoms with Gasteiger partial charge in [0.15, 0.2) is 6.10 Å². The normalized spacial score (nSPS) is 12.5. The first kappa shape index (κ1) is 65.4. The predicted molar refractivity (Wildman–Crippen MR) is 289 cm³/mol. The van der Waals surface area contributed by atoms with E-state index in [1.54, 1.807) is 0 Å². The zero-order valence-electron chi connectivity index (χ0n) is 46.2. The maximum atomic E-state index is 12.8. The lowest BCUT2D eigenvalue weighted by molar-refractivity contribution is -0.167. The molecule has 0 fully saturated rings. The summed E-state index contributed by atoms with van der Waals surface area (Å²) in [4.78, 5) is 38.1. The topological polar surface area (TPSA) is 78.9 Å². The molecule has 0 aliphatic heterocycles. The van der Waals surface area contributed by atoms with Gasteiger partial charge in [0.2, 0.25) is 0 Å². The zero-order chi connectivity index (χ0) is 49.1. The molecule has 0 heterocycles. The van der Waals surface area contributed by atoms with Crippen molar-refractivity contribution in [2.24, 2.45) is 17.8 Å². The Kier molecular flexibility index (Phi) is 51.0. The van der Waals surface area contributed by atoms with Gasteiger partial charge in [0.25, 0.3) is 0 Å². The molecule has 0 aromatic heterocycles.